The Morgan fingerprint density at radius 2 is 1.92 bits per heavy atom. The Bertz CT molecular complexity index is 527. The molecule has 1 aromatic carbocycles. The fourth-order valence-electron chi connectivity index (χ4n) is 3.29. The Morgan fingerprint density at radius 3 is 2.60 bits per heavy atom. The number of piperidine rings is 1. The first kappa shape index (κ1) is 19.4. The molecule has 1 aromatic rings. The van der Waals surface area contributed by atoms with Crippen LogP contribution in [0.5, 0.6) is 0 Å². The third-order valence-corrected chi connectivity index (χ3v) is 4.88. The van der Waals surface area contributed by atoms with Gasteiger partial charge in [0, 0.05) is 13.0 Å². The third-order valence-electron chi connectivity index (χ3n) is 4.88. The van der Waals surface area contributed by atoms with Gasteiger partial charge >= 0.3 is 5.97 Å². The van der Waals surface area contributed by atoms with E-state index in [9.17, 15) is 9.59 Å². The van der Waals surface area contributed by atoms with Gasteiger partial charge in [-0.2, -0.15) is 0 Å². The van der Waals surface area contributed by atoms with Gasteiger partial charge in [0.2, 0.25) is 5.91 Å². The van der Waals surface area contributed by atoms with Crippen molar-refractivity contribution in [1.29, 1.82) is 0 Å². The monoisotopic (exact) mass is 346 g/mol. The Kier molecular flexibility index (Phi) is 8.46. The molecule has 5 heteroatoms. The lowest BCUT2D eigenvalue weighted by Crippen LogP contribution is -2.37. The van der Waals surface area contributed by atoms with E-state index in [-0.39, 0.29) is 18.4 Å². The maximum atomic E-state index is 12.6. The second kappa shape index (κ2) is 10.9. The number of nitrogens with one attached hydrogen (secondary N) is 1. The van der Waals surface area contributed by atoms with Gasteiger partial charge in [0.25, 0.3) is 0 Å². The Labute approximate surface area is 150 Å². The van der Waals surface area contributed by atoms with Crippen molar-refractivity contribution in [3.05, 3.63) is 35.9 Å². The van der Waals surface area contributed by atoms with Crippen LogP contribution in [0.25, 0.3) is 0 Å². The number of rotatable bonds is 9. The highest BCUT2D eigenvalue weighted by atomic mass is 16.5. The molecule has 0 spiro atoms. The zero-order chi connectivity index (χ0) is 17.9. The van der Waals surface area contributed by atoms with Crippen molar-refractivity contribution in [1.82, 2.24) is 10.2 Å². The van der Waals surface area contributed by atoms with Crippen LogP contribution >= 0.6 is 0 Å². The van der Waals surface area contributed by atoms with E-state index in [1.165, 1.54) is 25.5 Å². The molecule has 0 unspecified atom stereocenters. The average Bonchev–Trinajstić information content (AvgIpc) is 2.66. The van der Waals surface area contributed by atoms with E-state index in [0.717, 1.165) is 38.3 Å². The second-order valence-electron chi connectivity index (χ2n) is 6.71. The van der Waals surface area contributed by atoms with Crippen LogP contribution in [0.4, 0.5) is 0 Å². The minimum Gasteiger partial charge on any atom is -0.468 e. The molecule has 25 heavy (non-hydrogen) atoms. The summed E-state index contributed by atoms with van der Waals surface area (Å²) in [6, 6.07) is 10.0. The summed E-state index contributed by atoms with van der Waals surface area (Å²) in [5, 5.41) is 3.37. The van der Waals surface area contributed by atoms with Gasteiger partial charge in [0.05, 0.1) is 7.11 Å². The van der Waals surface area contributed by atoms with Crippen LogP contribution in [0.3, 0.4) is 0 Å². The fraction of sp³-hybridized carbons (Fsp3) is 0.600. The SMILES string of the molecule is COC(=O)CN(CCc1ccccc1)C(=O)CCCC1CCNCC1. The first-order chi connectivity index (χ1) is 12.2. The topological polar surface area (TPSA) is 58.6 Å². The van der Waals surface area contributed by atoms with Crippen molar-refractivity contribution in [3.8, 4) is 0 Å². The van der Waals surface area contributed by atoms with Gasteiger partial charge in [-0.3, -0.25) is 9.59 Å². The summed E-state index contributed by atoms with van der Waals surface area (Å²) in [5.41, 5.74) is 1.17. The molecule has 0 aliphatic carbocycles. The predicted molar refractivity (Wildman–Crippen MR) is 98.2 cm³/mol. The highest BCUT2D eigenvalue weighted by Gasteiger charge is 2.19. The number of hydrogen-bond acceptors (Lipinski definition) is 4. The van der Waals surface area contributed by atoms with Crippen LogP contribution in [-0.4, -0.2) is 50.1 Å². The molecule has 1 aliphatic rings. The van der Waals surface area contributed by atoms with Crippen molar-refractivity contribution in [2.45, 2.75) is 38.5 Å². The largest absolute Gasteiger partial charge is 0.468 e. The van der Waals surface area contributed by atoms with Gasteiger partial charge < -0.3 is 15.0 Å². The number of esters is 1. The molecule has 0 atom stereocenters. The molecule has 1 amide bonds. The maximum absolute atomic E-state index is 12.6. The Hall–Kier alpha value is -1.88. The van der Waals surface area contributed by atoms with Crippen LogP contribution in [0, 0.1) is 5.92 Å². The summed E-state index contributed by atoms with van der Waals surface area (Å²) >= 11 is 0. The standard InChI is InChI=1S/C20H30N2O3/c1-25-20(24)16-22(15-12-17-6-3-2-4-7-17)19(23)9-5-8-18-10-13-21-14-11-18/h2-4,6-7,18,21H,5,8-16H2,1H3. The minimum atomic E-state index is -0.361. The summed E-state index contributed by atoms with van der Waals surface area (Å²) in [5.74, 6) is 0.419. The predicted octanol–water partition coefficient (Wildman–Crippen LogP) is 2.40. The molecule has 1 fully saturated rings. The number of hydrogen-bond donors (Lipinski definition) is 1. The number of carbonyl (C=O) groups excluding carboxylic acids is 2. The molecule has 0 aromatic heterocycles. The van der Waals surface area contributed by atoms with Gasteiger partial charge in [0.1, 0.15) is 6.54 Å². The smallest absolute Gasteiger partial charge is 0.325 e. The van der Waals surface area contributed by atoms with Crippen molar-refractivity contribution in [3.63, 3.8) is 0 Å². The van der Waals surface area contributed by atoms with Crippen LogP contribution in [0.1, 0.15) is 37.7 Å². The molecule has 2 rings (SSSR count). The molecule has 0 radical (unpaired) electrons. The number of methoxy groups -OCH3 is 1. The zero-order valence-corrected chi connectivity index (χ0v) is 15.2. The van der Waals surface area contributed by atoms with Crippen molar-refractivity contribution < 1.29 is 14.3 Å². The maximum Gasteiger partial charge on any atom is 0.325 e. The van der Waals surface area contributed by atoms with Crippen molar-refractivity contribution in [2.75, 3.05) is 33.3 Å². The van der Waals surface area contributed by atoms with Crippen molar-refractivity contribution in [2.24, 2.45) is 5.92 Å². The van der Waals surface area contributed by atoms with Gasteiger partial charge in [-0.05, 0) is 56.7 Å². The average molecular weight is 346 g/mol. The van der Waals surface area contributed by atoms with Gasteiger partial charge in [-0.15, -0.1) is 0 Å². The summed E-state index contributed by atoms with van der Waals surface area (Å²) in [6.45, 7) is 2.76. The normalized spacial score (nSPS) is 14.9. The molecule has 1 aliphatic heterocycles. The van der Waals surface area contributed by atoms with Gasteiger partial charge in [-0.25, -0.2) is 0 Å². The van der Waals surface area contributed by atoms with E-state index in [0.29, 0.717) is 13.0 Å². The molecule has 5 nitrogen and oxygen atoms in total. The number of amides is 1. The highest BCUT2D eigenvalue weighted by molar-refractivity contribution is 5.82. The third kappa shape index (κ3) is 7.26. The molecule has 1 saturated heterocycles. The molecular formula is C20H30N2O3. The summed E-state index contributed by atoms with van der Waals surface area (Å²) in [7, 11) is 1.36. The molecular weight excluding hydrogens is 316 g/mol. The second-order valence-corrected chi connectivity index (χ2v) is 6.71. The lowest BCUT2D eigenvalue weighted by molar-refractivity contribution is -0.147. The molecule has 1 heterocycles. The van der Waals surface area contributed by atoms with E-state index >= 15 is 0 Å². The van der Waals surface area contributed by atoms with E-state index in [2.05, 4.69) is 5.32 Å². The minimum absolute atomic E-state index is 0.0372. The summed E-state index contributed by atoms with van der Waals surface area (Å²) < 4.78 is 4.74. The summed E-state index contributed by atoms with van der Waals surface area (Å²) in [4.78, 5) is 25.8. The number of benzene rings is 1. The first-order valence-electron chi connectivity index (χ1n) is 9.28. The van der Waals surface area contributed by atoms with Crippen LogP contribution < -0.4 is 5.32 Å². The van der Waals surface area contributed by atoms with Crippen LogP contribution in [-0.2, 0) is 20.7 Å². The molecule has 0 saturated carbocycles. The van der Waals surface area contributed by atoms with Gasteiger partial charge in [-0.1, -0.05) is 30.3 Å². The van der Waals surface area contributed by atoms with E-state index in [1.54, 1.807) is 4.90 Å². The summed E-state index contributed by atoms with van der Waals surface area (Å²) in [6.07, 6.45) is 5.65. The fourth-order valence-corrected chi connectivity index (χ4v) is 3.29. The first-order valence-corrected chi connectivity index (χ1v) is 9.28. The van der Waals surface area contributed by atoms with E-state index in [1.807, 2.05) is 30.3 Å². The Balaban J connectivity index is 1.80. The number of nitrogens with zero attached hydrogens (tertiary/aromatic N) is 1. The van der Waals surface area contributed by atoms with Crippen molar-refractivity contribution >= 4 is 11.9 Å². The van der Waals surface area contributed by atoms with Crippen LogP contribution in [0.2, 0.25) is 0 Å². The Morgan fingerprint density at radius 1 is 1.20 bits per heavy atom. The lowest BCUT2D eigenvalue weighted by Gasteiger charge is -2.24. The number of carbonyl (C=O) groups is 2. The quantitative estimate of drug-likeness (QED) is 0.698. The molecule has 138 valence electrons. The number of ether oxygens (including phenoxy) is 1. The van der Waals surface area contributed by atoms with E-state index < -0.39 is 0 Å². The highest BCUT2D eigenvalue weighted by Crippen LogP contribution is 2.19. The lowest BCUT2D eigenvalue weighted by atomic mass is 9.92. The molecule has 0 bridgehead atoms. The van der Waals surface area contributed by atoms with Crippen LogP contribution in [0.15, 0.2) is 30.3 Å². The van der Waals surface area contributed by atoms with Gasteiger partial charge in [0.15, 0.2) is 0 Å². The zero-order valence-electron chi connectivity index (χ0n) is 15.2. The van der Waals surface area contributed by atoms with E-state index in [4.69, 9.17) is 4.74 Å². The molecule has 1 N–H and O–H groups in total.